The molecule has 0 spiro atoms. The molecule has 41 heavy (non-hydrogen) atoms. The molecule has 0 saturated carbocycles. The Hall–Kier alpha value is -4.46. The van der Waals surface area contributed by atoms with Crippen LogP contribution in [0.25, 0.3) is 10.9 Å². The first-order valence-electron chi connectivity index (χ1n) is 13.2. The number of amides is 3. The van der Waals surface area contributed by atoms with E-state index < -0.39 is 85.5 Å². The van der Waals surface area contributed by atoms with Crippen LogP contribution in [0.15, 0.2) is 30.5 Å². The van der Waals surface area contributed by atoms with Crippen molar-refractivity contribution in [1.82, 2.24) is 20.9 Å². The van der Waals surface area contributed by atoms with E-state index >= 15 is 0 Å². The van der Waals surface area contributed by atoms with Crippen LogP contribution in [0.4, 0.5) is 0 Å². The molecular weight excluding hydrogens is 538 g/mol. The number of nitrogens with one attached hydrogen (secondary N) is 4. The molecule has 9 N–H and O–H groups in total. The van der Waals surface area contributed by atoms with Gasteiger partial charge in [0.2, 0.25) is 17.7 Å². The predicted octanol–water partition coefficient (Wildman–Crippen LogP) is 0.352. The molecule has 224 valence electrons. The molecule has 0 radical (unpaired) electrons. The molecule has 1 aromatic carbocycles. The number of carboxylic acids is 3. The Bertz CT molecular complexity index is 1260. The minimum atomic E-state index is -1.58. The van der Waals surface area contributed by atoms with Crippen molar-refractivity contribution in [3.05, 3.63) is 36.0 Å². The van der Waals surface area contributed by atoms with Gasteiger partial charge in [-0.1, -0.05) is 32.0 Å². The Labute approximate surface area is 236 Å². The maximum absolute atomic E-state index is 13.5. The van der Waals surface area contributed by atoms with E-state index in [9.17, 15) is 33.9 Å². The molecule has 0 aliphatic rings. The molecule has 1 heterocycles. The monoisotopic (exact) mass is 575 g/mol. The second kappa shape index (κ2) is 15.4. The molecular formula is C27H37N5O9. The van der Waals surface area contributed by atoms with Gasteiger partial charge >= 0.3 is 17.9 Å². The molecule has 14 nitrogen and oxygen atoms in total. The summed E-state index contributed by atoms with van der Waals surface area (Å²) in [7, 11) is 0. The van der Waals surface area contributed by atoms with E-state index in [0.29, 0.717) is 12.0 Å². The number of aliphatic carboxylic acids is 3. The van der Waals surface area contributed by atoms with Gasteiger partial charge in [0.25, 0.3) is 0 Å². The molecule has 2 rings (SSSR count). The van der Waals surface area contributed by atoms with Gasteiger partial charge in [-0.15, -0.1) is 0 Å². The minimum absolute atomic E-state index is 0.000380. The quantitative estimate of drug-likeness (QED) is 0.129. The molecule has 0 saturated heterocycles. The Balaban J connectivity index is 2.31. The lowest BCUT2D eigenvalue weighted by Gasteiger charge is -2.25. The Morgan fingerprint density at radius 2 is 1.34 bits per heavy atom. The summed E-state index contributed by atoms with van der Waals surface area (Å²) in [6.45, 7) is 3.77. The molecule has 0 bridgehead atoms. The molecule has 0 aliphatic heterocycles. The molecule has 4 unspecified atom stereocenters. The van der Waals surface area contributed by atoms with E-state index in [-0.39, 0.29) is 12.3 Å². The lowest BCUT2D eigenvalue weighted by atomic mass is 10.0. The highest BCUT2D eigenvalue weighted by Gasteiger charge is 2.31. The highest BCUT2D eigenvalue weighted by atomic mass is 16.4. The molecule has 3 amide bonds. The first kappa shape index (κ1) is 32.8. The number of benzene rings is 1. The molecule has 0 aliphatic carbocycles. The van der Waals surface area contributed by atoms with Crippen LogP contribution < -0.4 is 21.7 Å². The second-order valence-electron chi connectivity index (χ2n) is 10.2. The van der Waals surface area contributed by atoms with Crippen molar-refractivity contribution in [1.29, 1.82) is 0 Å². The van der Waals surface area contributed by atoms with Crippen LogP contribution in [0.5, 0.6) is 0 Å². The zero-order valence-corrected chi connectivity index (χ0v) is 22.9. The maximum Gasteiger partial charge on any atom is 0.326 e. The number of rotatable bonds is 17. The molecule has 0 fully saturated rings. The predicted molar refractivity (Wildman–Crippen MR) is 147 cm³/mol. The Morgan fingerprint density at radius 1 is 0.805 bits per heavy atom. The van der Waals surface area contributed by atoms with E-state index in [4.69, 9.17) is 15.9 Å². The van der Waals surface area contributed by atoms with Gasteiger partial charge < -0.3 is 42.0 Å². The number of carboxylic acid groups (broad SMARTS) is 3. The number of aromatic amines is 1. The fraction of sp³-hybridized carbons (Fsp3) is 0.481. The van der Waals surface area contributed by atoms with Crippen molar-refractivity contribution in [3.8, 4) is 0 Å². The lowest BCUT2D eigenvalue weighted by molar-refractivity contribution is -0.144. The summed E-state index contributed by atoms with van der Waals surface area (Å²) in [4.78, 5) is 76.1. The van der Waals surface area contributed by atoms with Crippen LogP contribution in [0, 0.1) is 5.92 Å². The molecule has 14 heteroatoms. The number of fused-ring (bicyclic) bond motifs is 1. The van der Waals surface area contributed by atoms with E-state index in [2.05, 4.69) is 20.9 Å². The van der Waals surface area contributed by atoms with Crippen molar-refractivity contribution in [2.24, 2.45) is 11.7 Å². The maximum atomic E-state index is 13.5. The fourth-order valence-corrected chi connectivity index (χ4v) is 4.23. The first-order chi connectivity index (χ1) is 19.3. The number of carbonyl (C=O) groups is 6. The van der Waals surface area contributed by atoms with E-state index in [1.807, 2.05) is 32.0 Å². The number of hydrogen-bond donors (Lipinski definition) is 8. The number of para-hydroxylation sites is 1. The van der Waals surface area contributed by atoms with E-state index in [0.717, 1.165) is 10.9 Å². The Morgan fingerprint density at radius 3 is 1.93 bits per heavy atom. The zero-order chi connectivity index (χ0) is 30.7. The third-order valence-corrected chi connectivity index (χ3v) is 6.34. The first-order valence-corrected chi connectivity index (χ1v) is 13.2. The number of aromatic nitrogens is 1. The third-order valence-electron chi connectivity index (χ3n) is 6.34. The van der Waals surface area contributed by atoms with Gasteiger partial charge in [0.15, 0.2) is 0 Å². The SMILES string of the molecule is CC(C)CC(N)C(=O)NC(Cc1c[nH]c2ccccc12)C(=O)NC(CCC(=O)O)C(=O)NC(CCC(=O)O)C(=O)O. The minimum Gasteiger partial charge on any atom is -0.481 e. The molecule has 1 aromatic heterocycles. The van der Waals surface area contributed by atoms with Crippen LogP contribution in [-0.4, -0.2) is 80.1 Å². The van der Waals surface area contributed by atoms with Gasteiger partial charge in [0.1, 0.15) is 18.1 Å². The number of carbonyl (C=O) groups excluding carboxylic acids is 3. The summed E-state index contributed by atoms with van der Waals surface area (Å²) < 4.78 is 0. The van der Waals surface area contributed by atoms with Crippen LogP contribution in [0.3, 0.4) is 0 Å². The third kappa shape index (κ3) is 10.6. The number of nitrogens with two attached hydrogens (primary N) is 1. The van der Waals surface area contributed by atoms with Crippen LogP contribution in [0.1, 0.15) is 51.5 Å². The van der Waals surface area contributed by atoms with E-state index in [1.54, 1.807) is 12.3 Å². The Kier molecular flexibility index (Phi) is 12.3. The molecule has 4 atom stereocenters. The lowest BCUT2D eigenvalue weighted by Crippen LogP contribution is -2.57. The topological polar surface area (TPSA) is 241 Å². The molecule has 2 aromatic rings. The zero-order valence-electron chi connectivity index (χ0n) is 22.9. The number of H-pyrrole nitrogens is 1. The second-order valence-corrected chi connectivity index (χ2v) is 10.2. The van der Waals surface area contributed by atoms with Crippen molar-refractivity contribution in [2.75, 3.05) is 0 Å². The largest absolute Gasteiger partial charge is 0.481 e. The van der Waals surface area contributed by atoms with Crippen LogP contribution in [-0.2, 0) is 35.2 Å². The number of hydrogen-bond acceptors (Lipinski definition) is 7. The average Bonchev–Trinajstić information content (AvgIpc) is 3.30. The van der Waals surface area contributed by atoms with Gasteiger partial charge in [0, 0.05) is 36.4 Å². The van der Waals surface area contributed by atoms with E-state index in [1.165, 1.54) is 0 Å². The van der Waals surface area contributed by atoms with Gasteiger partial charge in [-0.2, -0.15) is 0 Å². The highest BCUT2D eigenvalue weighted by molar-refractivity contribution is 5.95. The van der Waals surface area contributed by atoms with Crippen LogP contribution in [0.2, 0.25) is 0 Å². The smallest absolute Gasteiger partial charge is 0.326 e. The normalized spacial score (nSPS) is 14.0. The van der Waals surface area contributed by atoms with Gasteiger partial charge in [-0.05, 0) is 36.8 Å². The van der Waals surface area contributed by atoms with Crippen molar-refractivity contribution in [2.45, 2.75) is 76.5 Å². The summed E-state index contributed by atoms with van der Waals surface area (Å²) in [5, 5.41) is 35.5. The van der Waals surface area contributed by atoms with Crippen molar-refractivity contribution >= 4 is 46.5 Å². The average molecular weight is 576 g/mol. The fourth-order valence-electron chi connectivity index (χ4n) is 4.23. The summed E-state index contributed by atoms with van der Waals surface area (Å²) in [5.74, 6) is -6.34. The summed E-state index contributed by atoms with van der Waals surface area (Å²) in [5.41, 5.74) is 7.50. The summed E-state index contributed by atoms with van der Waals surface area (Å²) in [6, 6.07) is 2.09. The van der Waals surface area contributed by atoms with Crippen molar-refractivity contribution < 1.29 is 44.1 Å². The summed E-state index contributed by atoms with van der Waals surface area (Å²) in [6.07, 6.45) is 0.133. The summed E-state index contributed by atoms with van der Waals surface area (Å²) >= 11 is 0. The van der Waals surface area contributed by atoms with Crippen molar-refractivity contribution in [3.63, 3.8) is 0 Å². The van der Waals surface area contributed by atoms with Crippen LogP contribution >= 0.6 is 0 Å². The highest BCUT2D eigenvalue weighted by Crippen LogP contribution is 2.19. The van der Waals surface area contributed by atoms with Gasteiger partial charge in [-0.3, -0.25) is 24.0 Å². The standard InChI is InChI=1S/C27H37N5O9/c1-14(2)11-17(28)24(37)32-21(12-15-13-29-18-6-4-3-5-16(15)18)26(39)30-19(7-9-22(33)34)25(38)31-20(27(40)41)8-10-23(35)36/h3-6,13-14,17,19-21,29H,7-12,28H2,1-2H3,(H,30,39)(H,31,38)(H,32,37)(H,33,34)(H,35,36)(H,40,41). The van der Waals surface area contributed by atoms with Gasteiger partial charge in [0.05, 0.1) is 6.04 Å². The van der Waals surface area contributed by atoms with Gasteiger partial charge in [-0.25, -0.2) is 4.79 Å².